The lowest BCUT2D eigenvalue weighted by molar-refractivity contribution is -0.113. The lowest BCUT2D eigenvalue weighted by atomic mass is 10.1. The smallest absolute Gasteiger partial charge is 0.296 e. The van der Waals surface area contributed by atoms with Gasteiger partial charge in [-0.3, -0.25) is 4.79 Å². The van der Waals surface area contributed by atoms with Gasteiger partial charge < -0.3 is 14.4 Å². The quantitative estimate of drug-likeness (QED) is 0.473. The van der Waals surface area contributed by atoms with Crippen LogP contribution in [0.2, 0.25) is 0 Å². The Bertz CT molecular complexity index is 1170. The summed E-state index contributed by atoms with van der Waals surface area (Å²) in [6, 6.07) is 15.5. The highest BCUT2D eigenvalue weighted by molar-refractivity contribution is 7.99. The van der Waals surface area contributed by atoms with Gasteiger partial charge in [0.1, 0.15) is 0 Å². The minimum atomic E-state index is -0.105. The molecule has 2 aromatic carbocycles. The van der Waals surface area contributed by atoms with Gasteiger partial charge in [-0.15, -0.1) is 10.2 Å². The molecule has 1 N–H and O–H groups in total. The van der Waals surface area contributed by atoms with Gasteiger partial charge in [0.2, 0.25) is 17.6 Å². The molecule has 0 saturated carbocycles. The SMILES string of the molecule is Cc1cccc(C)c1NC(=O)CSc1nnc(-c2nc(-c3ccccc3)no2)n1C. The van der Waals surface area contributed by atoms with Crippen LogP contribution in [-0.4, -0.2) is 36.6 Å². The second-order valence-corrected chi connectivity index (χ2v) is 7.70. The molecule has 0 atom stereocenters. The summed E-state index contributed by atoms with van der Waals surface area (Å²) in [7, 11) is 1.80. The molecule has 0 bridgehead atoms. The highest BCUT2D eigenvalue weighted by atomic mass is 32.2. The second kappa shape index (κ2) is 8.50. The summed E-state index contributed by atoms with van der Waals surface area (Å²) in [4.78, 5) is 16.8. The van der Waals surface area contributed by atoms with Crippen molar-refractivity contribution < 1.29 is 9.32 Å². The van der Waals surface area contributed by atoms with Crippen molar-refractivity contribution in [1.82, 2.24) is 24.9 Å². The molecule has 4 rings (SSSR count). The van der Waals surface area contributed by atoms with Gasteiger partial charge >= 0.3 is 0 Å². The second-order valence-electron chi connectivity index (χ2n) is 6.76. The Labute approximate surface area is 177 Å². The molecular weight excluding hydrogens is 400 g/mol. The number of hydrogen-bond donors (Lipinski definition) is 1. The van der Waals surface area contributed by atoms with Crippen LogP contribution >= 0.6 is 11.8 Å². The average Bonchev–Trinajstić information content (AvgIpc) is 3.37. The summed E-state index contributed by atoms with van der Waals surface area (Å²) < 4.78 is 7.09. The number of carbonyl (C=O) groups is 1. The molecular formula is C21H20N6O2S. The van der Waals surface area contributed by atoms with E-state index in [1.807, 2.05) is 62.4 Å². The fourth-order valence-electron chi connectivity index (χ4n) is 2.96. The van der Waals surface area contributed by atoms with Crippen molar-refractivity contribution in [2.45, 2.75) is 19.0 Å². The van der Waals surface area contributed by atoms with E-state index in [1.165, 1.54) is 11.8 Å². The van der Waals surface area contributed by atoms with Gasteiger partial charge in [-0.1, -0.05) is 65.4 Å². The molecule has 0 fully saturated rings. The number of para-hydroxylation sites is 1. The zero-order valence-corrected chi connectivity index (χ0v) is 17.6. The van der Waals surface area contributed by atoms with Crippen molar-refractivity contribution in [3.8, 4) is 23.1 Å². The van der Waals surface area contributed by atoms with Crippen molar-refractivity contribution in [3.05, 3.63) is 59.7 Å². The van der Waals surface area contributed by atoms with Crippen molar-refractivity contribution in [1.29, 1.82) is 0 Å². The summed E-state index contributed by atoms with van der Waals surface area (Å²) in [5, 5.41) is 15.9. The molecule has 0 aliphatic heterocycles. The van der Waals surface area contributed by atoms with Crippen LogP contribution in [0.1, 0.15) is 11.1 Å². The standard InChI is InChI=1S/C21H20N6O2S/c1-13-8-7-9-14(2)17(13)22-16(28)12-30-21-25-24-19(27(21)3)20-23-18(26-29-20)15-10-5-4-6-11-15/h4-11H,12H2,1-3H3,(H,22,28). The zero-order valence-electron chi connectivity index (χ0n) is 16.8. The highest BCUT2D eigenvalue weighted by Crippen LogP contribution is 2.25. The van der Waals surface area contributed by atoms with E-state index >= 15 is 0 Å². The first-order valence-corrected chi connectivity index (χ1v) is 10.3. The van der Waals surface area contributed by atoms with Crippen LogP contribution in [-0.2, 0) is 11.8 Å². The van der Waals surface area contributed by atoms with Gasteiger partial charge in [0, 0.05) is 18.3 Å². The number of benzene rings is 2. The van der Waals surface area contributed by atoms with Crippen LogP contribution in [0.3, 0.4) is 0 Å². The minimum absolute atomic E-state index is 0.105. The number of nitrogens with one attached hydrogen (secondary N) is 1. The number of rotatable bonds is 6. The monoisotopic (exact) mass is 420 g/mol. The minimum Gasteiger partial charge on any atom is -0.330 e. The van der Waals surface area contributed by atoms with E-state index in [9.17, 15) is 4.79 Å². The lowest BCUT2D eigenvalue weighted by Crippen LogP contribution is -2.16. The summed E-state index contributed by atoms with van der Waals surface area (Å²) in [5.74, 6) is 1.30. The van der Waals surface area contributed by atoms with E-state index in [0.29, 0.717) is 16.8 Å². The van der Waals surface area contributed by atoms with Gasteiger partial charge in [-0.25, -0.2) is 0 Å². The number of anilines is 1. The molecule has 152 valence electrons. The summed E-state index contributed by atoms with van der Waals surface area (Å²) in [6.45, 7) is 3.94. The Morgan fingerprint density at radius 1 is 1.07 bits per heavy atom. The van der Waals surface area contributed by atoms with Crippen LogP contribution in [0, 0.1) is 13.8 Å². The molecule has 4 aromatic rings. The Kier molecular flexibility index (Phi) is 5.62. The number of carbonyl (C=O) groups excluding carboxylic acids is 1. The Morgan fingerprint density at radius 2 is 1.80 bits per heavy atom. The molecule has 0 aliphatic carbocycles. The first-order valence-electron chi connectivity index (χ1n) is 9.30. The molecule has 0 aliphatic rings. The topological polar surface area (TPSA) is 98.7 Å². The van der Waals surface area contributed by atoms with E-state index in [2.05, 4.69) is 25.7 Å². The van der Waals surface area contributed by atoms with Crippen molar-refractivity contribution in [2.75, 3.05) is 11.1 Å². The van der Waals surface area contributed by atoms with Crippen LogP contribution in [0.15, 0.2) is 58.2 Å². The Hall–Kier alpha value is -3.46. The van der Waals surface area contributed by atoms with E-state index < -0.39 is 0 Å². The molecule has 0 saturated heterocycles. The number of aromatic nitrogens is 5. The molecule has 9 heteroatoms. The number of nitrogens with zero attached hydrogens (tertiary/aromatic N) is 5. The van der Waals surface area contributed by atoms with Crippen LogP contribution < -0.4 is 5.32 Å². The molecule has 0 spiro atoms. The molecule has 0 unspecified atom stereocenters. The van der Waals surface area contributed by atoms with Gasteiger partial charge in [-0.05, 0) is 25.0 Å². The Morgan fingerprint density at radius 3 is 2.53 bits per heavy atom. The number of amides is 1. The van der Waals surface area contributed by atoms with Crippen molar-refractivity contribution >= 4 is 23.4 Å². The third-order valence-electron chi connectivity index (χ3n) is 4.56. The number of hydrogen-bond acceptors (Lipinski definition) is 7. The van der Waals surface area contributed by atoms with Crippen molar-refractivity contribution in [2.24, 2.45) is 7.05 Å². The fourth-order valence-corrected chi connectivity index (χ4v) is 3.67. The predicted octanol–water partition coefficient (Wildman–Crippen LogP) is 3.88. The first kappa shape index (κ1) is 19.8. The van der Waals surface area contributed by atoms with Crippen molar-refractivity contribution in [3.63, 3.8) is 0 Å². The van der Waals surface area contributed by atoms with Gasteiger partial charge in [0.15, 0.2) is 5.16 Å². The maximum absolute atomic E-state index is 12.4. The third-order valence-corrected chi connectivity index (χ3v) is 5.58. The van der Waals surface area contributed by atoms with E-state index in [4.69, 9.17) is 4.52 Å². The summed E-state index contributed by atoms with van der Waals surface area (Å²) >= 11 is 1.29. The predicted molar refractivity (Wildman–Crippen MR) is 115 cm³/mol. The van der Waals surface area contributed by atoms with Crippen LogP contribution in [0.4, 0.5) is 5.69 Å². The third kappa shape index (κ3) is 4.11. The largest absolute Gasteiger partial charge is 0.330 e. The Balaban J connectivity index is 1.44. The normalized spacial score (nSPS) is 10.9. The zero-order chi connectivity index (χ0) is 21.1. The number of aryl methyl sites for hydroxylation is 2. The van der Waals surface area contributed by atoms with E-state index in [1.54, 1.807) is 11.6 Å². The molecule has 2 heterocycles. The van der Waals surface area contributed by atoms with Gasteiger partial charge in [0.25, 0.3) is 5.89 Å². The molecule has 0 radical (unpaired) electrons. The van der Waals surface area contributed by atoms with Crippen LogP contribution in [0.25, 0.3) is 23.1 Å². The number of thioether (sulfide) groups is 1. The summed E-state index contributed by atoms with van der Waals surface area (Å²) in [6.07, 6.45) is 0. The molecule has 30 heavy (non-hydrogen) atoms. The fraction of sp³-hybridized carbons (Fsp3) is 0.190. The van der Waals surface area contributed by atoms with E-state index in [-0.39, 0.29) is 17.6 Å². The average molecular weight is 420 g/mol. The summed E-state index contributed by atoms with van der Waals surface area (Å²) in [5.41, 5.74) is 3.76. The first-order chi connectivity index (χ1) is 14.5. The molecule has 8 nitrogen and oxygen atoms in total. The van der Waals surface area contributed by atoms with E-state index in [0.717, 1.165) is 22.4 Å². The molecule has 2 aromatic heterocycles. The van der Waals surface area contributed by atoms with Gasteiger partial charge in [-0.2, -0.15) is 4.98 Å². The maximum atomic E-state index is 12.4. The highest BCUT2D eigenvalue weighted by Gasteiger charge is 2.19. The molecule has 1 amide bonds. The van der Waals surface area contributed by atoms with Gasteiger partial charge in [0.05, 0.1) is 5.75 Å². The lowest BCUT2D eigenvalue weighted by Gasteiger charge is -2.11. The maximum Gasteiger partial charge on any atom is 0.296 e. The van der Waals surface area contributed by atoms with Crippen LogP contribution in [0.5, 0.6) is 0 Å².